The van der Waals surface area contributed by atoms with Crippen molar-refractivity contribution >= 4 is 40.1 Å². The van der Waals surface area contributed by atoms with E-state index in [0.717, 1.165) is 0 Å². The number of non-ortho nitro benzene ring substituents is 1. The van der Waals surface area contributed by atoms with Gasteiger partial charge in [-0.1, -0.05) is 17.8 Å². The summed E-state index contributed by atoms with van der Waals surface area (Å²) in [7, 11) is 1.34. The summed E-state index contributed by atoms with van der Waals surface area (Å²) >= 11 is 1.17. The maximum absolute atomic E-state index is 12.2. The number of nitrogens with one attached hydrogen (secondary N) is 2. The predicted molar refractivity (Wildman–Crippen MR) is 94.9 cm³/mol. The summed E-state index contributed by atoms with van der Waals surface area (Å²) in [5.74, 6) is -0.539. The highest BCUT2D eigenvalue weighted by Crippen LogP contribution is 2.30. The summed E-state index contributed by atoms with van der Waals surface area (Å²) in [4.78, 5) is 38.3. The van der Waals surface area contributed by atoms with Crippen LogP contribution in [0.3, 0.4) is 0 Å². The third-order valence-electron chi connectivity index (χ3n) is 3.18. The Morgan fingerprint density at radius 3 is 3.00 bits per heavy atom. The Labute approximate surface area is 147 Å². The van der Waals surface area contributed by atoms with Crippen molar-refractivity contribution < 1.29 is 19.2 Å². The lowest BCUT2D eigenvalue weighted by molar-refractivity contribution is -0.384. The van der Waals surface area contributed by atoms with Gasteiger partial charge in [-0.2, -0.15) is 0 Å². The van der Waals surface area contributed by atoms with Crippen LogP contribution in [-0.4, -0.2) is 40.8 Å². The molecule has 1 aromatic rings. The third kappa shape index (κ3) is 4.80. The van der Waals surface area contributed by atoms with Crippen LogP contribution in [0.15, 0.2) is 35.8 Å². The molecule has 25 heavy (non-hydrogen) atoms. The van der Waals surface area contributed by atoms with Gasteiger partial charge in [-0.05, 0) is 6.07 Å². The topological polar surface area (TPSA) is 123 Å². The first-order chi connectivity index (χ1) is 11.9. The number of rotatable bonds is 7. The van der Waals surface area contributed by atoms with E-state index in [1.54, 1.807) is 6.08 Å². The Bertz CT molecular complexity index is 749. The van der Waals surface area contributed by atoms with E-state index in [4.69, 9.17) is 4.74 Å². The molecule has 1 atom stereocenters. The highest BCUT2D eigenvalue weighted by Gasteiger charge is 2.32. The molecule has 0 aliphatic carbocycles. The SMILES string of the molecule is C=CCN=C1NC(=O)[C@H](CC(=O)Nc2ccc([N+](=O)[O-])cc2OC)S1. The van der Waals surface area contributed by atoms with Crippen LogP contribution in [-0.2, 0) is 9.59 Å². The van der Waals surface area contributed by atoms with Gasteiger partial charge in [-0.25, -0.2) is 0 Å². The predicted octanol–water partition coefficient (Wildman–Crippen LogP) is 1.71. The van der Waals surface area contributed by atoms with Crippen LogP contribution in [0.1, 0.15) is 6.42 Å². The fourth-order valence-electron chi connectivity index (χ4n) is 2.03. The van der Waals surface area contributed by atoms with Crippen LogP contribution in [0.2, 0.25) is 0 Å². The lowest BCUT2D eigenvalue weighted by Crippen LogP contribution is -2.28. The number of nitrogens with zero attached hydrogens (tertiary/aromatic N) is 2. The van der Waals surface area contributed by atoms with Crippen molar-refractivity contribution in [1.29, 1.82) is 0 Å². The standard InChI is InChI=1S/C15H16N4O5S/c1-3-6-16-15-18-14(21)12(25-15)8-13(20)17-10-5-4-9(19(22)23)7-11(10)24-2/h3-5,7,12H,1,6,8H2,2H3,(H,17,20)(H,16,18,21)/t12-/m0/s1. The molecular formula is C15H16N4O5S. The van der Waals surface area contributed by atoms with Gasteiger partial charge in [0.1, 0.15) is 11.0 Å². The first kappa shape index (κ1) is 18.5. The van der Waals surface area contributed by atoms with E-state index in [-0.39, 0.29) is 23.8 Å². The Balaban J connectivity index is 2.02. The molecular weight excluding hydrogens is 348 g/mol. The molecule has 10 heteroatoms. The van der Waals surface area contributed by atoms with Gasteiger partial charge in [-0.15, -0.1) is 6.58 Å². The van der Waals surface area contributed by atoms with E-state index in [2.05, 4.69) is 22.2 Å². The quantitative estimate of drug-likeness (QED) is 0.431. The fourth-order valence-corrected chi connectivity index (χ4v) is 3.01. The van der Waals surface area contributed by atoms with Crippen molar-refractivity contribution in [3.05, 3.63) is 41.0 Å². The van der Waals surface area contributed by atoms with Gasteiger partial charge in [0, 0.05) is 12.5 Å². The van der Waals surface area contributed by atoms with Crippen molar-refractivity contribution in [2.75, 3.05) is 19.0 Å². The number of thioether (sulfide) groups is 1. The first-order valence-electron chi connectivity index (χ1n) is 7.19. The fraction of sp³-hybridized carbons (Fsp3) is 0.267. The number of ether oxygens (including phenoxy) is 1. The largest absolute Gasteiger partial charge is 0.494 e. The number of benzene rings is 1. The van der Waals surface area contributed by atoms with Crippen molar-refractivity contribution in [3.8, 4) is 5.75 Å². The maximum atomic E-state index is 12.2. The van der Waals surface area contributed by atoms with Crippen LogP contribution in [0.4, 0.5) is 11.4 Å². The lowest BCUT2D eigenvalue weighted by Gasteiger charge is -2.11. The number of carbonyl (C=O) groups is 2. The van der Waals surface area contributed by atoms with Crippen molar-refractivity contribution in [1.82, 2.24) is 5.32 Å². The molecule has 1 heterocycles. The normalized spacial score (nSPS) is 17.9. The molecule has 132 valence electrons. The molecule has 0 bridgehead atoms. The molecule has 2 amide bonds. The van der Waals surface area contributed by atoms with E-state index in [1.807, 2.05) is 0 Å². The summed E-state index contributed by atoms with van der Waals surface area (Å²) < 4.78 is 5.06. The van der Waals surface area contributed by atoms with Gasteiger partial charge in [0.05, 0.1) is 30.3 Å². The van der Waals surface area contributed by atoms with Crippen LogP contribution in [0.5, 0.6) is 5.75 Å². The van der Waals surface area contributed by atoms with Crippen LogP contribution < -0.4 is 15.4 Å². The first-order valence-corrected chi connectivity index (χ1v) is 8.07. The number of amides is 2. The molecule has 1 aliphatic rings. The third-order valence-corrected chi connectivity index (χ3v) is 4.30. The Morgan fingerprint density at radius 1 is 1.60 bits per heavy atom. The summed E-state index contributed by atoms with van der Waals surface area (Å²) in [5.41, 5.74) is 0.144. The summed E-state index contributed by atoms with van der Waals surface area (Å²) in [5, 5.41) is 15.8. The van der Waals surface area contributed by atoms with Gasteiger partial charge >= 0.3 is 0 Å². The van der Waals surface area contributed by atoms with Gasteiger partial charge in [0.25, 0.3) is 5.69 Å². The van der Waals surface area contributed by atoms with E-state index >= 15 is 0 Å². The highest BCUT2D eigenvalue weighted by atomic mass is 32.2. The minimum Gasteiger partial charge on any atom is -0.494 e. The maximum Gasteiger partial charge on any atom is 0.273 e. The summed E-state index contributed by atoms with van der Waals surface area (Å²) in [6.07, 6.45) is 1.53. The second-order valence-electron chi connectivity index (χ2n) is 4.92. The minimum atomic E-state index is -0.590. The van der Waals surface area contributed by atoms with E-state index < -0.39 is 16.1 Å². The van der Waals surface area contributed by atoms with Gasteiger partial charge in [-0.3, -0.25) is 24.7 Å². The molecule has 0 spiro atoms. The molecule has 0 unspecified atom stereocenters. The van der Waals surface area contributed by atoms with Crippen molar-refractivity contribution in [3.63, 3.8) is 0 Å². The number of anilines is 1. The van der Waals surface area contributed by atoms with E-state index in [0.29, 0.717) is 17.4 Å². The molecule has 9 nitrogen and oxygen atoms in total. The number of aliphatic imine (C=N–C) groups is 1. The number of nitro groups is 1. The van der Waals surface area contributed by atoms with E-state index in [1.165, 1.54) is 37.1 Å². The number of methoxy groups -OCH3 is 1. The molecule has 1 aromatic carbocycles. The van der Waals surface area contributed by atoms with Gasteiger partial charge < -0.3 is 15.4 Å². The summed E-state index contributed by atoms with van der Waals surface area (Å²) in [6.45, 7) is 3.92. The zero-order valence-corrected chi connectivity index (χ0v) is 14.2. The summed E-state index contributed by atoms with van der Waals surface area (Å²) in [6, 6.07) is 3.86. The van der Waals surface area contributed by atoms with Gasteiger partial charge in [0.15, 0.2) is 5.17 Å². The zero-order chi connectivity index (χ0) is 18.4. The smallest absolute Gasteiger partial charge is 0.273 e. The van der Waals surface area contributed by atoms with Crippen LogP contribution >= 0.6 is 11.8 Å². The minimum absolute atomic E-state index is 0.0657. The van der Waals surface area contributed by atoms with Gasteiger partial charge in [0.2, 0.25) is 11.8 Å². The van der Waals surface area contributed by atoms with Crippen molar-refractivity contribution in [2.45, 2.75) is 11.7 Å². The molecule has 1 fully saturated rings. The van der Waals surface area contributed by atoms with Crippen LogP contribution in [0, 0.1) is 10.1 Å². The number of nitro benzene ring substituents is 1. The molecule has 0 aromatic heterocycles. The molecule has 2 N–H and O–H groups in total. The lowest BCUT2D eigenvalue weighted by atomic mass is 10.2. The van der Waals surface area contributed by atoms with E-state index in [9.17, 15) is 19.7 Å². The number of carbonyl (C=O) groups excluding carboxylic acids is 2. The number of hydrogen-bond donors (Lipinski definition) is 2. The highest BCUT2D eigenvalue weighted by molar-refractivity contribution is 8.15. The Hall–Kier alpha value is -2.88. The molecule has 0 radical (unpaired) electrons. The molecule has 1 saturated heterocycles. The zero-order valence-electron chi connectivity index (χ0n) is 13.4. The van der Waals surface area contributed by atoms with Crippen molar-refractivity contribution in [2.24, 2.45) is 4.99 Å². The Kier molecular flexibility index (Phi) is 6.12. The Morgan fingerprint density at radius 2 is 2.36 bits per heavy atom. The molecule has 2 rings (SSSR count). The average Bonchev–Trinajstić information content (AvgIpc) is 2.92. The number of amidine groups is 1. The molecule has 0 saturated carbocycles. The second-order valence-corrected chi connectivity index (χ2v) is 6.12. The van der Waals surface area contributed by atoms with Crippen LogP contribution in [0.25, 0.3) is 0 Å². The average molecular weight is 364 g/mol. The monoisotopic (exact) mass is 364 g/mol. The second kappa shape index (κ2) is 8.29. The number of hydrogen-bond acceptors (Lipinski definition) is 7. The molecule has 1 aliphatic heterocycles.